The molecule has 0 radical (unpaired) electrons. The van der Waals surface area contributed by atoms with E-state index in [-0.39, 0.29) is 17.7 Å². The van der Waals surface area contributed by atoms with Gasteiger partial charge in [-0.05, 0) is 56.6 Å². The van der Waals surface area contributed by atoms with Gasteiger partial charge in [0, 0.05) is 11.6 Å². The number of halogens is 2. The predicted octanol–water partition coefficient (Wildman–Crippen LogP) is 4.08. The van der Waals surface area contributed by atoms with Gasteiger partial charge in [-0.2, -0.15) is 0 Å². The first-order valence-electron chi connectivity index (χ1n) is 6.69. The zero-order valence-corrected chi connectivity index (χ0v) is 12.0. The maximum absolute atomic E-state index is 14.0. The molecule has 0 saturated carbocycles. The molecule has 2 aromatic carbocycles. The summed E-state index contributed by atoms with van der Waals surface area (Å²) in [4.78, 5) is 0. The van der Waals surface area contributed by atoms with Gasteiger partial charge < -0.3 is 5.32 Å². The van der Waals surface area contributed by atoms with E-state index in [2.05, 4.69) is 5.32 Å². The van der Waals surface area contributed by atoms with Crippen molar-refractivity contribution in [2.45, 2.75) is 26.3 Å². The number of aryl methyl sites for hydroxylation is 2. The van der Waals surface area contributed by atoms with Crippen molar-refractivity contribution in [3.8, 4) is 0 Å². The van der Waals surface area contributed by atoms with Crippen molar-refractivity contribution in [1.29, 1.82) is 0 Å². The lowest BCUT2D eigenvalue weighted by atomic mass is 9.95. The summed E-state index contributed by atoms with van der Waals surface area (Å²) in [6.07, 6.45) is 0.556. The van der Waals surface area contributed by atoms with Gasteiger partial charge in [0.25, 0.3) is 0 Å². The number of hydrogen-bond acceptors (Lipinski definition) is 1. The third kappa shape index (κ3) is 3.23. The summed E-state index contributed by atoms with van der Waals surface area (Å²) in [6, 6.07) is 9.62. The number of rotatable bonds is 4. The Hall–Kier alpha value is -1.74. The van der Waals surface area contributed by atoms with Crippen LogP contribution in [-0.4, -0.2) is 7.05 Å². The van der Waals surface area contributed by atoms with Crippen LogP contribution in [0.1, 0.15) is 28.3 Å². The summed E-state index contributed by atoms with van der Waals surface area (Å²) in [6.45, 7) is 3.87. The second kappa shape index (κ2) is 6.14. The van der Waals surface area contributed by atoms with Crippen LogP contribution in [0.5, 0.6) is 0 Å². The van der Waals surface area contributed by atoms with Gasteiger partial charge in [-0.3, -0.25) is 0 Å². The molecule has 0 amide bonds. The molecule has 2 aromatic rings. The monoisotopic (exact) mass is 275 g/mol. The Bertz CT molecular complexity index is 608. The highest BCUT2D eigenvalue weighted by atomic mass is 19.1. The second-order valence-electron chi connectivity index (χ2n) is 5.14. The Morgan fingerprint density at radius 1 is 1.05 bits per heavy atom. The molecule has 0 heterocycles. The normalized spacial score (nSPS) is 12.4. The highest BCUT2D eigenvalue weighted by molar-refractivity contribution is 5.32. The fraction of sp³-hybridized carbons (Fsp3) is 0.294. The number of nitrogens with one attached hydrogen (secondary N) is 1. The number of likely N-dealkylation sites (N-methyl/N-ethyl adjacent to an activating group) is 1. The Balaban J connectivity index is 2.33. The van der Waals surface area contributed by atoms with E-state index in [1.165, 1.54) is 18.2 Å². The van der Waals surface area contributed by atoms with Crippen LogP contribution in [0.15, 0.2) is 36.4 Å². The molecule has 1 N–H and O–H groups in total. The molecule has 0 aliphatic carbocycles. The smallest absolute Gasteiger partial charge is 0.128 e. The molecule has 0 spiro atoms. The van der Waals surface area contributed by atoms with Crippen LogP contribution in [-0.2, 0) is 6.42 Å². The van der Waals surface area contributed by atoms with E-state index in [9.17, 15) is 8.78 Å². The van der Waals surface area contributed by atoms with Crippen LogP contribution in [0.2, 0.25) is 0 Å². The number of benzene rings is 2. The number of hydrogen-bond donors (Lipinski definition) is 1. The molecular weight excluding hydrogens is 256 g/mol. The minimum Gasteiger partial charge on any atom is -0.313 e. The van der Waals surface area contributed by atoms with Gasteiger partial charge in [0.15, 0.2) is 0 Å². The van der Waals surface area contributed by atoms with Crippen molar-refractivity contribution in [1.82, 2.24) is 5.32 Å². The SMILES string of the molecule is CNC(Cc1cc(F)ccc1C)c1cc(C)ccc1F. The lowest BCUT2D eigenvalue weighted by molar-refractivity contribution is 0.531. The molecule has 1 atom stereocenters. The lowest BCUT2D eigenvalue weighted by Crippen LogP contribution is -2.20. The summed E-state index contributed by atoms with van der Waals surface area (Å²) >= 11 is 0. The van der Waals surface area contributed by atoms with Crippen LogP contribution in [0.3, 0.4) is 0 Å². The minimum absolute atomic E-state index is 0.171. The first-order chi connectivity index (χ1) is 9.51. The van der Waals surface area contributed by atoms with E-state index in [0.29, 0.717) is 12.0 Å². The van der Waals surface area contributed by atoms with E-state index in [0.717, 1.165) is 16.7 Å². The quantitative estimate of drug-likeness (QED) is 0.886. The molecule has 1 unspecified atom stereocenters. The first-order valence-corrected chi connectivity index (χ1v) is 6.69. The lowest BCUT2D eigenvalue weighted by Gasteiger charge is -2.19. The van der Waals surface area contributed by atoms with Crippen LogP contribution >= 0.6 is 0 Å². The van der Waals surface area contributed by atoms with Gasteiger partial charge in [-0.1, -0.05) is 23.8 Å². The summed E-state index contributed by atoms with van der Waals surface area (Å²) in [7, 11) is 1.79. The molecule has 3 heteroatoms. The molecule has 0 bridgehead atoms. The van der Waals surface area contributed by atoms with Crippen molar-refractivity contribution in [3.63, 3.8) is 0 Å². The molecule has 0 aliphatic heterocycles. The summed E-state index contributed by atoms with van der Waals surface area (Å²) < 4.78 is 27.3. The summed E-state index contributed by atoms with van der Waals surface area (Å²) in [5.41, 5.74) is 3.54. The Kier molecular flexibility index (Phi) is 4.50. The van der Waals surface area contributed by atoms with Crippen LogP contribution in [0, 0.1) is 25.5 Å². The van der Waals surface area contributed by atoms with E-state index in [1.54, 1.807) is 19.2 Å². The molecule has 0 fully saturated rings. The van der Waals surface area contributed by atoms with Crippen molar-refractivity contribution in [2.24, 2.45) is 0 Å². The topological polar surface area (TPSA) is 12.0 Å². The fourth-order valence-electron chi connectivity index (χ4n) is 2.38. The fourth-order valence-corrected chi connectivity index (χ4v) is 2.38. The maximum atomic E-state index is 14.0. The Labute approximate surface area is 118 Å². The molecule has 2 rings (SSSR count). The van der Waals surface area contributed by atoms with Crippen molar-refractivity contribution < 1.29 is 8.78 Å². The average molecular weight is 275 g/mol. The molecular formula is C17H19F2N. The first kappa shape index (κ1) is 14.7. The predicted molar refractivity (Wildman–Crippen MR) is 77.8 cm³/mol. The molecule has 0 aliphatic rings. The van der Waals surface area contributed by atoms with Gasteiger partial charge in [-0.15, -0.1) is 0 Å². The maximum Gasteiger partial charge on any atom is 0.128 e. The van der Waals surface area contributed by atoms with Crippen LogP contribution in [0.4, 0.5) is 8.78 Å². The zero-order valence-electron chi connectivity index (χ0n) is 12.0. The van der Waals surface area contributed by atoms with Crippen LogP contribution < -0.4 is 5.32 Å². The van der Waals surface area contributed by atoms with E-state index in [4.69, 9.17) is 0 Å². The standard InChI is InChI=1S/C17H19F2N/c1-11-4-7-16(19)15(8-11)17(20-3)10-13-9-14(18)6-5-12(13)2/h4-9,17,20H,10H2,1-3H3. The van der Waals surface area contributed by atoms with Gasteiger partial charge in [0.1, 0.15) is 11.6 Å². The molecule has 0 saturated heterocycles. The molecule has 0 aromatic heterocycles. The Morgan fingerprint density at radius 3 is 2.50 bits per heavy atom. The second-order valence-corrected chi connectivity index (χ2v) is 5.14. The van der Waals surface area contributed by atoms with Crippen molar-refractivity contribution in [3.05, 3.63) is 70.3 Å². The van der Waals surface area contributed by atoms with Gasteiger partial charge in [0.2, 0.25) is 0 Å². The van der Waals surface area contributed by atoms with E-state index >= 15 is 0 Å². The van der Waals surface area contributed by atoms with Crippen molar-refractivity contribution in [2.75, 3.05) is 7.05 Å². The molecule has 106 valence electrons. The highest BCUT2D eigenvalue weighted by Crippen LogP contribution is 2.24. The third-order valence-corrected chi connectivity index (χ3v) is 3.61. The van der Waals surface area contributed by atoms with Crippen molar-refractivity contribution >= 4 is 0 Å². The van der Waals surface area contributed by atoms with E-state index < -0.39 is 0 Å². The molecule has 20 heavy (non-hydrogen) atoms. The molecule has 1 nitrogen and oxygen atoms in total. The highest BCUT2D eigenvalue weighted by Gasteiger charge is 2.16. The minimum atomic E-state index is -0.259. The van der Waals surface area contributed by atoms with Crippen LogP contribution in [0.25, 0.3) is 0 Å². The largest absolute Gasteiger partial charge is 0.313 e. The summed E-state index contributed by atoms with van der Waals surface area (Å²) in [5, 5.41) is 3.12. The Morgan fingerprint density at radius 2 is 1.80 bits per heavy atom. The summed E-state index contributed by atoms with van der Waals surface area (Å²) in [5.74, 6) is -0.492. The van der Waals surface area contributed by atoms with Gasteiger partial charge in [-0.25, -0.2) is 8.78 Å². The van der Waals surface area contributed by atoms with Gasteiger partial charge >= 0.3 is 0 Å². The van der Waals surface area contributed by atoms with Gasteiger partial charge in [0.05, 0.1) is 0 Å². The van der Waals surface area contributed by atoms with E-state index in [1.807, 2.05) is 19.9 Å². The zero-order chi connectivity index (χ0) is 14.7. The third-order valence-electron chi connectivity index (χ3n) is 3.61. The average Bonchev–Trinajstić information content (AvgIpc) is 2.42.